The van der Waals surface area contributed by atoms with Crippen LogP contribution in [0.4, 0.5) is 17.1 Å². The predicted octanol–water partition coefficient (Wildman–Crippen LogP) is 12.2. The molecule has 10 rings (SSSR count). The minimum atomic E-state index is 0.0995. The molecule has 0 N–H and O–H groups in total. The predicted molar refractivity (Wildman–Crippen MR) is 214 cm³/mol. The fourth-order valence-electron chi connectivity index (χ4n) is 8.73. The fourth-order valence-corrected chi connectivity index (χ4v) is 8.73. The van der Waals surface area contributed by atoms with Gasteiger partial charge in [-0.05, 0) is 103 Å². The third kappa shape index (κ3) is 5.10. The first kappa shape index (κ1) is 30.7. The van der Waals surface area contributed by atoms with E-state index < -0.39 is 0 Å². The molecule has 1 fully saturated rings. The van der Waals surface area contributed by atoms with Gasteiger partial charge in [0.25, 0.3) is 0 Å². The number of rotatable bonds is 6. The summed E-state index contributed by atoms with van der Waals surface area (Å²) in [7, 11) is 2.22. The van der Waals surface area contributed by atoms with Crippen LogP contribution in [0.3, 0.4) is 0 Å². The highest BCUT2D eigenvalue weighted by Crippen LogP contribution is 2.48. The van der Waals surface area contributed by atoms with Crippen molar-refractivity contribution in [3.05, 3.63) is 187 Å². The molecule has 2 aliphatic heterocycles. The van der Waals surface area contributed by atoms with Crippen LogP contribution in [0.5, 0.6) is 5.75 Å². The Labute approximate surface area is 304 Å². The minimum absolute atomic E-state index is 0.0995. The lowest BCUT2D eigenvalue weighted by Gasteiger charge is -2.40. The van der Waals surface area contributed by atoms with Crippen molar-refractivity contribution in [2.24, 2.45) is 0 Å². The van der Waals surface area contributed by atoms with E-state index in [1.54, 1.807) is 0 Å². The molecule has 4 heteroatoms. The van der Waals surface area contributed by atoms with Crippen molar-refractivity contribution in [2.45, 2.75) is 31.0 Å². The second-order valence-corrected chi connectivity index (χ2v) is 14.1. The van der Waals surface area contributed by atoms with Gasteiger partial charge >= 0.3 is 0 Å². The molecule has 4 nitrogen and oxygen atoms in total. The van der Waals surface area contributed by atoms with Crippen LogP contribution in [-0.2, 0) is 0 Å². The Kier molecular flexibility index (Phi) is 7.43. The maximum absolute atomic E-state index is 6.44. The van der Waals surface area contributed by atoms with Crippen LogP contribution in [0.25, 0.3) is 38.6 Å². The van der Waals surface area contributed by atoms with Crippen LogP contribution < -0.4 is 9.64 Å². The Morgan fingerprint density at radius 1 is 0.538 bits per heavy atom. The van der Waals surface area contributed by atoms with Crippen molar-refractivity contribution in [2.75, 3.05) is 11.9 Å². The average Bonchev–Trinajstić information content (AvgIpc) is 3.76. The molecule has 3 heterocycles. The molecule has 0 amide bonds. The van der Waals surface area contributed by atoms with E-state index in [4.69, 9.17) is 4.74 Å². The zero-order valence-corrected chi connectivity index (χ0v) is 29.1. The van der Waals surface area contributed by atoms with Crippen molar-refractivity contribution < 1.29 is 4.74 Å². The molecule has 3 atom stereocenters. The van der Waals surface area contributed by atoms with Crippen molar-refractivity contribution in [1.82, 2.24) is 9.47 Å². The molecule has 52 heavy (non-hydrogen) atoms. The number of para-hydroxylation sites is 4. The number of ether oxygens (including phenoxy) is 1. The van der Waals surface area contributed by atoms with E-state index >= 15 is 0 Å². The molecule has 7 aromatic carbocycles. The van der Waals surface area contributed by atoms with E-state index in [0.717, 1.165) is 41.3 Å². The molecule has 0 aliphatic carbocycles. The maximum Gasteiger partial charge on any atom is 0.159 e. The minimum Gasteiger partial charge on any atom is -0.474 e. The van der Waals surface area contributed by atoms with Gasteiger partial charge in [0.2, 0.25) is 0 Å². The average molecular weight is 674 g/mol. The highest BCUT2D eigenvalue weighted by atomic mass is 16.5. The van der Waals surface area contributed by atoms with Crippen molar-refractivity contribution in [3.63, 3.8) is 0 Å². The first-order valence-corrected chi connectivity index (χ1v) is 18.3. The number of hydrogen-bond donors (Lipinski definition) is 0. The number of benzene rings is 7. The number of fused-ring (bicyclic) bond motifs is 6. The van der Waals surface area contributed by atoms with Crippen molar-refractivity contribution >= 4 is 38.9 Å². The van der Waals surface area contributed by atoms with Crippen LogP contribution in [0.1, 0.15) is 35.9 Å². The van der Waals surface area contributed by atoms with E-state index in [2.05, 4.69) is 197 Å². The number of likely N-dealkylation sites (N-methyl/N-ethyl adjacent to an activating group) is 1. The number of likely N-dealkylation sites (tertiary alicyclic amines) is 1. The largest absolute Gasteiger partial charge is 0.474 e. The third-order valence-electron chi connectivity index (χ3n) is 11.3. The summed E-state index contributed by atoms with van der Waals surface area (Å²) in [5.74, 6) is 1.50. The third-order valence-corrected chi connectivity index (χ3v) is 11.3. The standard InChI is InChI=1S/C48H39N3O/c1-49-44(31-29-42-41-17-9-11-19-47(41)52-48(42)49)35-22-20-33(21-23-35)34-24-26-38(27-25-34)51-45-18-10-8-16-40(45)43-32-39(28-30-46(43)51)50(36-12-4-2-5-13-36)37-14-6-3-7-15-37/h2-28,30,32,42,44,48H,29,31H2,1H3. The van der Waals surface area contributed by atoms with Gasteiger partial charge in [-0.2, -0.15) is 0 Å². The molecule has 0 spiro atoms. The van der Waals surface area contributed by atoms with Crippen LogP contribution in [0, 0.1) is 0 Å². The summed E-state index contributed by atoms with van der Waals surface area (Å²) in [5.41, 5.74) is 12.1. The summed E-state index contributed by atoms with van der Waals surface area (Å²) in [5, 5.41) is 2.47. The van der Waals surface area contributed by atoms with Crippen molar-refractivity contribution in [3.8, 4) is 22.6 Å². The topological polar surface area (TPSA) is 20.6 Å². The molecule has 2 aliphatic rings. The quantitative estimate of drug-likeness (QED) is 0.175. The smallest absolute Gasteiger partial charge is 0.159 e. The van der Waals surface area contributed by atoms with E-state index in [1.807, 2.05) is 0 Å². The van der Waals surface area contributed by atoms with Gasteiger partial charge < -0.3 is 14.2 Å². The zero-order valence-electron chi connectivity index (χ0n) is 29.1. The number of aromatic nitrogens is 1. The highest BCUT2D eigenvalue weighted by Gasteiger charge is 2.43. The molecule has 0 radical (unpaired) electrons. The Bertz CT molecular complexity index is 2480. The van der Waals surface area contributed by atoms with Gasteiger partial charge in [0.05, 0.1) is 11.0 Å². The fraction of sp³-hybridized carbons (Fsp3) is 0.125. The van der Waals surface area contributed by atoms with Crippen LogP contribution in [0.2, 0.25) is 0 Å². The first-order valence-electron chi connectivity index (χ1n) is 18.3. The monoisotopic (exact) mass is 673 g/mol. The first-order chi connectivity index (χ1) is 25.7. The number of piperidine rings is 1. The Morgan fingerprint density at radius 2 is 1.15 bits per heavy atom. The van der Waals surface area contributed by atoms with Gasteiger partial charge in [0.15, 0.2) is 6.23 Å². The van der Waals surface area contributed by atoms with Crippen molar-refractivity contribution in [1.29, 1.82) is 0 Å². The summed E-state index contributed by atoms with van der Waals surface area (Å²) in [4.78, 5) is 4.77. The maximum atomic E-state index is 6.44. The van der Waals surface area contributed by atoms with E-state index in [9.17, 15) is 0 Å². The summed E-state index contributed by atoms with van der Waals surface area (Å²) >= 11 is 0. The van der Waals surface area contributed by atoms with Gasteiger partial charge in [0, 0.05) is 51.0 Å². The van der Waals surface area contributed by atoms with Gasteiger partial charge in [-0.25, -0.2) is 0 Å². The lowest BCUT2D eigenvalue weighted by Crippen LogP contribution is -2.44. The summed E-state index contributed by atoms with van der Waals surface area (Å²) in [6.45, 7) is 0. The molecular formula is C48H39N3O. The SMILES string of the molecule is CN1C(c2ccc(-c3ccc(-n4c5ccccc5c5cc(N(c6ccccc6)c6ccccc6)ccc54)cc3)cc2)CCC2c3ccccc3OC21. The van der Waals surface area contributed by atoms with Crippen LogP contribution in [-0.4, -0.2) is 22.7 Å². The van der Waals surface area contributed by atoms with Gasteiger partial charge in [0.1, 0.15) is 5.75 Å². The zero-order chi connectivity index (χ0) is 34.6. The second-order valence-electron chi connectivity index (χ2n) is 14.1. The molecule has 252 valence electrons. The Hall–Kier alpha value is -6.10. The Balaban J connectivity index is 0.953. The second kappa shape index (κ2) is 12.6. The van der Waals surface area contributed by atoms with E-state index in [-0.39, 0.29) is 6.23 Å². The molecule has 3 unspecified atom stereocenters. The number of hydrogen-bond acceptors (Lipinski definition) is 3. The van der Waals surface area contributed by atoms with E-state index in [1.165, 1.54) is 44.1 Å². The number of anilines is 3. The Morgan fingerprint density at radius 3 is 1.88 bits per heavy atom. The molecule has 1 aromatic heterocycles. The van der Waals surface area contributed by atoms with Gasteiger partial charge in [-0.3, -0.25) is 4.90 Å². The van der Waals surface area contributed by atoms with Gasteiger partial charge in [-0.15, -0.1) is 0 Å². The summed E-state index contributed by atoms with van der Waals surface area (Å²) in [6, 6.07) is 63.9. The van der Waals surface area contributed by atoms with E-state index in [0.29, 0.717) is 12.0 Å². The van der Waals surface area contributed by atoms with Gasteiger partial charge in [-0.1, -0.05) is 109 Å². The van der Waals surface area contributed by atoms with Crippen LogP contribution in [0.15, 0.2) is 176 Å². The molecule has 0 saturated carbocycles. The number of nitrogens with zero attached hydrogens (tertiary/aromatic N) is 3. The molecule has 8 aromatic rings. The normalized spacial score (nSPS) is 18.2. The lowest BCUT2D eigenvalue weighted by atomic mass is 9.85. The molecule has 1 saturated heterocycles. The molecule has 0 bridgehead atoms. The lowest BCUT2D eigenvalue weighted by molar-refractivity contribution is -0.0187. The van der Waals surface area contributed by atoms with Crippen LogP contribution >= 0.6 is 0 Å². The highest BCUT2D eigenvalue weighted by molar-refractivity contribution is 6.10. The summed E-state index contributed by atoms with van der Waals surface area (Å²) in [6.07, 6.45) is 2.37. The molecular weight excluding hydrogens is 635 g/mol. The summed E-state index contributed by atoms with van der Waals surface area (Å²) < 4.78 is 8.83.